The van der Waals surface area contributed by atoms with Crippen molar-refractivity contribution in [3.63, 3.8) is 0 Å². The Bertz CT molecular complexity index is 563. The van der Waals surface area contributed by atoms with Crippen LogP contribution in [0.15, 0.2) is 42.5 Å². The number of benzene rings is 2. The van der Waals surface area contributed by atoms with Crippen molar-refractivity contribution >= 4 is 11.6 Å². The van der Waals surface area contributed by atoms with Crippen LogP contribution in [0, 0.1) is 13.8 Å². The van der Waals surface area contributed by atoms with E-state index in [0.29, 0.717) is 6.04 Å². The lowest BCUT2D eigenvalue weighted by atomic mass is 9.96. The lowest BCUT2D eigenvalue weighted by Gasteiger charge is -2.18. The highest BCUT2D eigenvalue weighted by molar-refractivity contribution is 6.31. The summed E-state index contributed by atoms with van der Waals surface area (Å²) in [6.07, 6.45) is 0.975. The number of hydrogen-bond donors (Lipinski definition) is 1. The maximum Gasteiger partial charge on any atom is 0.0438 e. The largest absolute Gasteiger partial charge is 0.313 e. The molecular formula is C17H20ClN. The molecule has 0 aliphatic carbocycles. The molecular weight excluding hydrogens is 254 g/mol. The average molecular weight is 274 g/mol. The minimum atomic E-state index is 0.291. The number of halogens is 1. The lowest BCUT2D eigenvalue weighted by molar-refractivity contribution is 0.590. The van der Waals surface area contributed by atoms with E-state index in [1.54, 1.807) is 0 Å². The van der Waals surface area contributed by atoms with Crippen LogP contribution < -0.4 is 5.32 Å². The van der Waals surface area contributed by atoms with Gasteiger partial charge in [-0.25, -0.2) is 0 Å². The Kier molecular flexibility index (Phi) is 4.62. The zero-order chi connectivity index (χ0) is 13.8. The van der Waals surface area contributed by atoms with E-state index in [4.69, 9.17) is 11.6 Å². The summed E-state index contributed by atoms with van der Waals surface area (Å²) >= 11 is 6.22. The Labute approximate surface area is 120 Å². The summed E-state index contributed by atoms with van der Waals surface area (Å²) in [4.78, 5) is 0. The number of hydrogen-bond acceptors (Lipinski definition) is 1. The fourth-order valence-corrected chi connectivity index (χ4v) is 2.46. The van der Waals surface area contributed by atoms with Gasteiger partial charge < -0.3 is 5.32 Å². The molecule has 0 fully saturated rings. The third-order valence-electron chi connectivity index (χ3n) is 3.63. The Morgan fingerprint density at radius 3 is 2.42 bits per heavy atom. The third kappa shape index (κ3) is 3.37. The van der Waals surface area contributed by atoms with Crippen LogP contribution in [-0.4, -0.2) is 7.05 Å². The molecule has 2 aromatic rings. The highest BCUT2D eigenvalue weighted by Crippen LogP contribution is 2.24. The quantitative estimate of drug-likeness (QED) is 0.867. The molecule has 2 heteroatoms. The van der Waals surface area contributed by atoms with Crippen molar-refractivity contribution in [2.45, 2.75) is 26.3 Å². The maximum absolute atomic E-state index is 6.22. The summed E-state index contributed by atoms with van der Waals surface area (Å²) in [6, 6.07) is 15.1. The van der Waals surface area contributed by atoms with Gasteiger partial charge in [-0.05, 0) is 55.6 Å². The van der Waals surface area contributed by atoms with Crippen LogP contribution in [0.2, 0.25) is 5.02 Å². The van der Waals surface area contributed by atoms with Crippen molar-refractivity contribution in [1.82, 2.24) is 5.32 Å². The minimum Gasteiger partial charge on any atom is -0.313 e. The molecule has 0 saturated carbocycles. The normalized spacial score (nSPS) is 12.4. The van der Waals surface area contributed by atoms with Crippen molar-refractivity contribution < 1.29 is 0 Å². The molecule has 0 bridgehead atoms. The molecule has 2 aromatic carbocycles. The van der Waals surface area contributed by atoms with Crippen LogP contribution in [0.5, 0.6) is 0 Å². The summed E-state index contributed by atoms with van der Waals surface area (Å²) in [7, 11) is 2.00. The van der Waals surface area contributed by atoms with Crippen LogP contribution in [0.1, 0.15) is 28.3 Å². The Hall–Kier alpha value is -1.31. The van der Waals surface area contributed by atoms with Gasteiger partial charge in [-0.1, -0.05) is 48.0 Å². The standard InChI is InChI=1S/C17H20ClN/c1-12-6-4-5-7-14(12)11-17(19-3)15-9-8-13(2)16(18)10-15/h4-10,17,19H,11H2,1-3H3. The predicted octanol–water partition coefficient (Wildman–Crippen LogP) is 4.46. The summed E-state index contributed by atoms with van der Waals surface area (Å²) < 4.78 is 0. The van der Waals surface area contributed by atoms with E-state index in [1.165, 1.54) is 16.7 Å². The van der Waals surface area contributed by atoms with Crippen LogP contribution >= 0.6 is 11.6 Å². The fourth-order valence-electron chi connectivity index (χ4n) is 2.27. The molecule has 100 valence electrons. The average Bonchev–Trinajstić information content (AvgIpc) is 2.41. The molecule has 1 atom stereocenters. The molecule has 0 radical (unpaired) electrons. The summed E-state index contributed by atoms with van der Waals surface area (Å²) in [6.45, 7) is 4.19. The maximum atomic E-state index is 6.22. The number of rotatable bonds is 4. The van der Waals surface area contributed by atoms with Crippen LogP contribution in [0.3, 0.4) is 0 Å². The summed E-state index contributed by atoms with van der Waals surface area (Å²) in [5.41, 5.74) is 5.07. The van der Waals surface area contributed by atoms with Gasteiger partial charge >= 0.3 is 0 Å². The Morgan fingerprint density at radius 1 is 1.05 bits per heavy atom. The van der Waals surface area contributed by atoms with E-state index in [-0.39, 0.29) is 0 Å². The van der Waals surface area contributed by atoms with Gasteiger partial charge in [-0.15, -0.1) is 0 Å². The van der Waals surface area contributed by atoms with E-state index in [9.17, 15) is 0 Å². The van der Waals surface area contributed by atoms with Crippen molar-refractivity contribution in [2.24, 2.45) is 0 Å². The van der Waals surface area contributed by atoms with Gasteiger partial charge in [0.05, 0.1) is 0 Å². The number of aryl methyl sites for hydroxylation is 2. The van der Waals surface area contributed by atoms with E-state index < -0.39 is 0 Å². The molecule has 2 rings (SSSR count). The minimum absolute atomic E-state index is 0.291. The van der Waals surface area contributed by atoms with Gasteiger partial charge in [0.25, 0.3) is 0 Å². The second-order valence-corrected chi connectivity index (χ2v) is 5.39. The molecule has 1 N–H and O–H groups in total. The molecule has 0 amide bonds. The Morgan fingerprint density at radius 2 is 1.79 bits per heavy atom. The monoisotopic (exact) mass is 273 g/mol. The van der Waals surface area contributed by atoms with Crippen LogP contribution in [0.4, 0.5) is 0 Å². The van der Waals surface area contributed by atoms with Crippen molar-refractivity contribution in [1.29, 1.82) is 0 Å². The van der Waals surface area contributed by atoms with Gasteiger partial charge in [-0.3, -0.25) is 0 Å². The smallest absolute Gasteiger partial charge is 0.0438 e. The predicted molar refractivity (Wildman–Crippen MR) is 82.9 cm³/mol. The van der Waals surface area contributed by atoms with Crippen molar-refractivity contribution in [3.05, 3.63) is 69.7 Å². The first kappa shape index (κ1) is 14.1. The van der Waals surface area contributed by atoms with E-state index in [2.05, 4.69) is 54.7 Å². The highest BCUT2D eigenvalue weighted by Gasteiger charge is 2.12. The number of nitrogens with one attached hydrogen (secondary N) is 1. The third-order valence-corrected chi connectivity index (χ3v) is 4.04. The Balaban J connectivity index is 2.25. The first-order valence-corrected chi connectivity index (χ1v) is 6.97. The second-order valence-electron chi connectivity index (χ2n) is 4.98. The van der Waals surface area contributed by atoms with Crippen LogP contribution in [0.25, 0.3) is 0 Å². The van der Waals surface area contributed by atoms with Gasteiger partial charge in [0, 0.05) is 11.1 Å². The van der Waals surface area contributed by atoms with Crippen molar-refractivity contribution in [2.75, 3.05) is 7.05 Å². The topological polar surface area (TPSA) is 12.0 Å². The molecule has 0 aliphatic heterocycles. The summed E-state index contributed by atoms with van der Waals surface area (Å²) in [5, 5.41) is 4.22. The first-order chi connectivity index (χ1) is 9.11. The molecule has 0 heterocycles. The number of likely N-dealkylation sites (N-methyl/N-ethyl adjacent to an activating group) is 1. The first-order valence-electron chi connectivity index (χ1n) is 6.59. The zero-order valence-electron chi connectivity index (χ0n) is 11.7. The molecule has 0 saturated heterocycles. The lowest BCUT2D eigenvalue weighted by Crippen LogP contribution is -2.19. The molecule has 0 aromatic heterocycles. The molecule has 1 unspecified atom stereocenters. The van der Waals surface area contributed by atoms with E-state index >= 15 is 0 Å². The van der Waals surface area contributed by atoms with Gasteiger partial charge in [-0.2, -0.15) is 0 Å². The van der Waals surface area contributed by atoms with Gasteiger partial charge in [0.15, 0.2) is 0 Å². The molecule has 0 aliphatic rings. The van der Waals surface area contributed by atoms with Crippen LogP contribution in [-0.2, 0) is 6.42 Å². The summed E-state index contributed by atoms with van der Waals surface area (Å²) in [5.74, 6) is 0. The molecule has 0 spiro atoms. The van der Waals surface area contributed by atoms with Crippen molar-refractivity contribution in [3.8, 4) is 0 Å². The zero-order valence-corrected chi connectivity index (χ0v) is 12.5. The highest BCUT2D eigenvalue weighted by atomic mass is 35.5. The SMILES string of the molecule is CNC(Cc1ccccc1C)c1ccc(C)c(Cl)c1. The molecule has 19 heavy (non-hydrogen) atoms. The van der Waals surface area contributed by atoms with Gasteiger partial charge in [0.2, 0.25) is 0 Å². The van der Waals surface area contributed by atoms with E-state index in [0.717, 1.165) is 17.0 Å². The van der Waals surface area contributed by atoms with Gasteiger partial charge in [0.1, 0.15) is 0 Å². The van der Waals surface area contributed by atoms with E-state index in [1.807, 2.05) is 14.0 Å². The fraction of sp³-hybridized carbons (Fsp3) is 0.294. The molecule has 1 nitrogen and oxygen atoms in total. The second kappa shape index (κ2) is 6.23.